The van der Waals surface area contributed by atoms with E-state index in [4.69, 9.17) is 4.74 Å². The number of ether oxygens (including phenoxy) is 1. The number of hydrogen-bond donors (Lipinski definition) is 1. The molecule has 110 valence electrons. The van der Waals surface area contributed by atoms with Crippen molar-refractivity contribution in [3.05, 3.63) is 34.3 Å². The Labute approximate surface area is 129 Å². The van der Waals surface area contributed by atoms with Gasteiger partial charge in [-0.15, -0.1) is 0 Å². The van der Waals surface area contributed by atoms with E-state index in [0.29, 0.717) is 6.61 Å². The predicted octanol–water partition coefficient (Wildman–Crippen LogP) is 4.40. The zero-order valence-corrected chi connectivity index (χ0v) is 13.7. The molecule has 1 aliphatic carbocycles. The summed E-state index contributed by atoms with van der Waals surface area (Å²) in [6.45, 7) is 4.65. The standard InChI is InChI=1S/C16H22BrNO2/c1-3-4-11-20-15(19)18-12(2)16(9-10-16)13-5-7-14(17)8-6-13/h5-8,12H,3-4,9-11H2,1-2H3,(H,18,19). The van der Waals surface area contributed by atoms with E-state index in [1.807, 2.05) is 0 Å². The number of benzene rings is 1. The molecule has 0 heterocycles. The molecule has 1 unspecified atom stereocenters. The molecule has 4 heteroatoms. The fourth-order valence-electron chi connectivity index (χ4n) is 2.55. The van der Waals surface area contributed by atoms with Crippen LogP contribution in [0.25, 0.3) is 0 Å². The van der Waals surface area contributed by atoms with Crippen LogP contribution < -0.4 is 5.32 Å². The van der Waals surface area contributed by atoms with Crippen LogP contribution in [-0.4, -0.2) is 18.7 Å². The Morgan fingerprint density at radius 2 is 2.05 bits per heavy atom. The van der Waals surface area contributed by atoms with E-state index in [-0.39, 0.29) is 17.6 Å². The first kappa shape index (κ1) is 15.4. The molecule has 0 bridgehead atoms. The third kappa shape index (κ3) is 3.54. The highest BCUT2D eigenvalue weighted by atomic mass is 79.9. The molecule has 1 aromatic rings. The number of halogens is 1. The van der Waals surface area contributed by atoms with Crippen LogP contribution >= 0.6 is 15.9 Å². The van der Waals surface area contributed by atoms with Crippen molar-refractivity contribution in [2.45, 2.75) is 51.0 Å². The minimum atomic E-state index is -0.297. The van der Waals surface area contributed by atoms with Crippen molar-refractivity contribution in [3.63, 3.8) is 0 Å². The fraction of sp³-hybridized carbons (Fsp3) is 0.562. The summed E-state index contributed by atoms with van der Waals surface area (Å²) in [5.74, 6) is 0. The monoisotopic (exact) mass is 339 g/mol. The maximum atomic E-state index is 11.7. The lowest BCUT2D eigenvalue weighted by Gasteiger charge is -2.25. The van der Waals surface area contributed by atoms with Gasteiger partial charge in [0.1, 0.15) is 0 Å². The van der Waals surface area contributed by atoms with Crippen LogP contribution in [-0.2, 0) is 10.2 Å². The van der Waals surface area contributed by atoms with E-state index >= 15 is 0 Å². The second kappa shape index (κ2) is 6.61. The van der Waals surface area contributed by atoms with E-state index in [0.717, 1.165) is 30.2 Å². The summed E-state index contributed by atoms with van der Waals surface area (Å²) in [5.41, 5.74) is 1.38. The molecule has 20 heavy (non-hydrogen) atoms. The summed E-state index contributed by atoms with van der Waals surface area (Å²) in [4.78, 5) is 11.7. The van der Waals surface area contributed by atoms with Gasteiger partial charge < -0.3 is 10.1 Å². The van der Waals surface area contributed by atoms with E-state index in [9.17, 15) is 4.79 Å². The van der Waals surface area contributed by atoms with Crippen molar-refractivity contribution < 1.29 is 9.53 Å². The Balaban J connectivity index is 1.93. The van der Waals surface area contributed by atoms with Gasteiger partial charge in [-0.05, 0) is 43.9 Å². The molecule has 0 aromatic heterocycles. The number of alkyl carbamates (subject to hydrolysis) is 1. The molecule has 1 N–H and O–H groups in total. The van der Waals surface area contributed by atoms with E-state index < -0.39 is 0 Å². The molecule has 1 amide bonds. The lowest BCUT2D eigenvalue weighted by atomic mass is 9.89. The van der Waals surface area contributed by atoms with Crippen molar-refractivity contribution in [2.24, 2.45) is 0 Å². The van der Waals surface area contributed by atoms with E-state index in [1.54, 1.807) is 0 Å². The van der Waals surface area contributed by atoms with Gasteiger partial charge in [-0.25, -0.2) is 4.79 Å². The largest absolute Gasteiger partial charge is 0.450 e. The van der Waals surface area contributed by atoms with Gasteiger partial charge >= 0.3 is 6.09 Å². The van der Waals surface area contributed by atoms with Crippen molar-refractivity contribution in [3.8, 4) is 0 Å². The third-order valence-electron chi connectivity index (χ3n) is 4.10. The molecule has 3 nitrogen and oxygen atoms in total. The quantitative estimate of drug-likeness (QED) is 0.780. The molecule has 1 atom stereocenters. The van der Waals surface area contributed by atoms with Crippen LogP contribution in [0.15, 0.2) is 28.7 Å². The first-order valence-corrected chi connectivity index (χ1v) is 8.07. The summed E-state index contributed by atoms with van der Waals surface area (Å²) < 4.78 is 6.25. The van der Waals surface area contributed by atoms with Gasteiger partial charge in [0.25, 0.3) is 0 Å². The van der Waals surface area contributed by atoms with E-state index in [1.165, 1.54) is 5.56 Å². The Kier molecular flexibility index (Phi) is 5.08. The molecule has 1 aliphatic rings. The van der Waals surface area contributed by atoms with Crippen LogP contribution in [0.4, 0.5) is 4.79 Å². The summed E-state index contributed by atoms with van der Waals surface area (Å²) in [6.07, 6.45) is 3.89. The average Bonchev–Trinajstić information content (AvgIpc) is 3.21. The Bertz CT molecular complexity index is 454. The van der Waals surface area contributed by atoms with Gasteiger partial charge in [-0.3, -0.25) is 0 Å². The molecule has 2 rings (SSSR count). The van der Waals surface area contributed by atoms with Gasteiger partial charge in [-0.1, -0.05) is 41.4 Å². The average molecular weight is 340 g/mol. The van der Waals surface area contributed by atoms with Crippen LogP contribution in [0, 0.1) is 0 Å². The van der Waals surface area contributed by atoms with Crippen molar-refractivity contribution in [1.82, 2.24) is 5.32 Å². The molecule has 1 aromatic carbocycles. The highest BCUT2D eigenvalue weighted by Gasteiger charge is 2.49. The van der Waals surface area contributed by atoms with Gasteiger partial charge in [0.15, 0.2) is 0 Å². The Morgan fingerprint density at radius 1 is 1.40 bits per heavy atom. The molecule has 0 aliphatic heterocycles. The molecule has 0 saturated heterocycles. The second-order valence-electron chi connectivity index (χ2n) is 5.52. The van der Waals surface area contributed by atoms with Crippen molar-refractivity contribution in [1.29, 1.82) is 0 Å². The first-order valence-electron chi connectivity index (χ1n) is 7.28. The summed E-state index contributed by atoms with van der Waals surface area (Å²) >= 11 is 3.46. The van der Waals surface area contributed by atoms with Crippen LogP contribution in [0.1, 0.15) is 45.1 Å². The van der Waals surface area contributed by atoms with Crippen LogP contribution in [0.2, 0.25) is 0 Å². The summed E-state index contributed by atoms with van der Waals surface area (Å²) in [7, 11) is 0. The molecule has 0 spiro atoms. The fourth-order valence-corrected chi connectivity index (χ4v) is 2.82. The molecule has 1 fully saturated rings. The highest BCUT2D eigenvalue weighted by molar-refractivity contribution is 9.10. The molecular weight excluding hydrogens is 318 g/mol. The lowest BCUT2D eigenvalue weighted by molar-refractivity contribution is 0.139. The minimum Gasteiger partial charge on any atom is -0.450 e. The normalized spacial score (nSPS) is 17.4. The number of unbranched alkanes of at least 4 members (excludes halogenated alkanes) is 1. The predicted molar refractivity (Wildman–Crippen MR) is 83.9 cm³/mol. The Morgan fingerprint density at radius 3 is 2.60 bits per heavy atom. The van der Waals surface area contributed by atoms with Crippen LogP contribution in [0.5, 0.6) is 0 Å². The zero-order chi connectivity index (χ0) is 14.6. The maximum Gasteiger partial charge on any atom is 0.407 e. The summed E-state index contributed by atoms with van der Waals surface area (Å²) in [5, 5.41) is 2.98. The number of nitrogens with one attached hydrogen (secondary N) is 1. The smallest absolute Gasteiger partial charge is 0.407 e. The number of amides is 1. The van der Waals surface area contributed by atoms with Crippen LogP contribution in [0.3, 0.4) is 0 Å². The second-order valence-corrected chi connectivity index (χ2v) is 6.43. The highest BCUT2D eigenvalue weighted by Crippen LogP contribution is 2.51. The SMILES string of the molecule is CCCCOC(=O)NC(C)C1(c2ccc(Br)cc2)CC1. The number of carbonyl (C=O) groups excluding carboxylic acids is 1. The van der Waals surface area contributed by atoms with Crippen molar-refractivity contribution in [2.75, 3.05) is 6.61 Å². The van der Waals surface area contributed by atoms with Gasteiger partial charge in [0.05, 0.1) is 6.61 Å². The van der Waals surface area contributed by atoms with Gasteiger partial charge in [0, 0.05) is 15.9 Å². The van der Waals surface area contributed by atoms with Gasteiger partial charge in [-0.2, -0.15) is 0 Å². The van der Waals surface area contributed by atoms with Crippen molar-refractivity contribution >= 4 is 22.0 Å². The maximum absolute atomic E-state index is 11.7. The third-order valence-corrected chi connectivity index (χ3v) is 4.63. The minimum absolute atomic E-state index is 0.0878. The summed E-state index contributed by atoms with van der Waals surface area (Å²) in [6, 6.07) is 8.48. The molecule has 1 saturated carbocycles. The zero-order valence-electron chi connectivity index (χ0n) is 12.1. The molecular formula is C16H22BrNO2. The first-order chi connectivity index (χ1) is 9.58. The topological polar surface area (TPSA) is 38.3 Å². The number of hydrogen-bond acceptors (Lipinski definition) is 2. The lowest BCUT2D eigenvalue weighted by Crippen LogP contribution is -2.41. The van der Waals surface area contributed by atoms with Gasteiger partial charge in [0.2, 0.25) is 0 Å². The number of carbonyl (C=O) groups is 1. The number of rotatable bonds is 6. The Hall–Kier alpha value is -1.03. The van der Waals surface area contributed by atoms with E-state index in [2.05, 4.69) is 59.4 Å². The molecule has 0 radical (unpaired) electrons.